The second-order valence-corrected chi connectivity index (χ2v) is 17.3. The van der Waals surface area contributed by atoms with Crippen LogP contribution in [0.15, 0.2) is 194 Å². The number of para-hydroxylation sites is 1. The molecule has 1 N–H and O–H groups in total. The summed E-state index contributed by atoms with van der Waals surface area (Å²) in [6, 6.07) is 66.9. The smallest absolute Gasteiger partial charge is 0.148 e. The van der Waals surface area contributed by atoms with Crippen LogP contribution in [0.2, 0.25) is 0 Å². The summed E-state index contributed by atoms with van der Waals surface area (Å²) in [5, 5.41) is 12.2. The Morgan fingerprint density at radius 1 is 0.530 bits per heavy atom. The molecule has 0 radical (unpaired) electrons. The minimum absolute atomic E-state index is 0. The molecule has 5 heteroatoms. The van der Waals surface area contributed by atoms with Crippen LogP contribution in [0.4, 0.5) is 0 Å². The van der Waals surface area contributed by atoms with Gasteiger partial charge in [0.25, 0.3) is 0 Å². The molecule has 0 saturated heterocycles. The maximum atomic E-state index is 12.2. The van der Waals surface area contributed by atoms with Crippen molar-refractivity contribution in [2.45, 2.75) is 46.4 Å². The molecule has 0 atom stereocenters. The van der Waals surface area contributed by atoms with Gasteiger partial charge in [-0.05, 0) is 105 Å². The molecule has 0 fully saturated rings. The van der Waals surface area contributed by atoms with Gasteiger partial charge in [0.2, 0.25) is 0 Å². The Balaban J connectivity index is 0.00000593. The average molecular weight is 1040 g/mol. The van der Waals surface area contributed by atoms with E-state index >= 15 is 0 Å². The summed E-state index contributed by atoms with van der Waals surface area (Å²) >= 11 is 0. The Morgan fingerprint density at radius 3 is 1.74 bits per heavy atom. The van der Waals surface area contributed by atoms with Gasteiger partial charge in [0.15, 0.2) is 0 Å². The van der Waals surface area contributed by atoms with E-state index in [1.807, 2.05) is 108 Å². The van der Waals surface area contributed by atoms with Crippen LogP contribution in [0.3, 0.4) is 0 Å². The quantitative estimate of drug-likeness (QED) is 0.139. The molecule has 0 saturated carbocycles. The number of imidazole rings is 1. The Bertz CT molecular complexity index is 3440. The second-order valence-electron chi connectivity index (χ2n) is 17.3. The van der Waals surface area contributed by atoms with E-state index in [0.29, 0.717) is 28.1 Å². The van der Waals surface area contributed by atoms with E-state index in [2.05, 4.69) is 119 Å². The van der Waals surface area contributed by atoms with Gasteiger partial charge in [-0.1, -0.05) is 190 Å². The number of hydrogen-bond donors (Lipinski definition) is 1. The summed E-state index contributed by atoms with van der Waals surface area (Å²) < 4.78 is 28.7. The first-order valence-electron chi connectivity index (χ1n) is 23.8. The first kappa shape index (κ1) is 40.4. The minimum atomic E-state index is -2.49. The van der Waals surface area contributed by atoms with Crippen molar-refractivity contribution >= 4 is 11.0 Å². The third kappa shape index (κ3) is 8.58. The van der Waals surface area contributed by atoms with Crippen LogP contribution < -0.4 is 0 Å². The third-order valence-corrected chi connectivity index (χ3v) is 12.3. The molecule has 0 amide bonds. The molecule has 0 spiro atoms. The van der Waals surface area contributed by atoms with Gasteiger partial charge < -0.3 is 5.11 Å². The number of aryl methyl sites for hydroxylation is 1. The maximum absolute atomic E-state index is 12.2. The van der Waals surface area contributed by atoms with E-state index in [4.69, 9.17) is 14.1 Å². The number of phenols is 1. The fraction of sp³-hybridized carbons (Fsp3) is 0.115. The molecular weight excluding hydrogens is 986 g/mol. The molecule has 0 aliphatic carbocycles. The molecule has 10 rings (SSSR count). The summed E-state index contributed by atoms with van der Waals surface area (Å²) in [6.07, 6.45) is 1.85. The summed E-state index contributed by atoms with van der Waals surface area (Å²) in [7, 11) is 0. The van der Waals surface area contributed by atoms with Crippen molar-refractivity contribution in [3.05, 3.63) is 217 Å². The zero-order valence-corrected chi connectivity index (χ0v) is 39.5. The zero-order valence-electron chi connectivity index (χ0n) is 40.2. The van der Waals surface area contributed by atoms with Crippen LogP contribution in [-0.4, -0.2) is 19.6 Å². The summed E-state index contributed by atoms with van der Waals surface area (Å²) in [4.78, 5) is 10.4. The van der Waals surface area contributed by atoms with E-state index < -0.39 is 6.85 Å². The van der Waals surface area contributed by atoms with Gasteiger partial charge in [-0.3, -0.25) is 9.55 Å². The topological polar surface area (TPSA) is 50.9 Å². The van der Waals surface area contributed by atoms with Gasteiger partial charge in [0.05, 0.1) is 22.3 Å². The van der Waals surface area contributed by atoms with Crippen molar-refractivity contribution in [1.82, 2.24) is 14.5 Å². The van der Waals surface area contributed by atoms with Gasteiger partial charge in [-0.25, -0.2) is 4.98 Å². The predicted octanol–water partition coefficient (Wildman–Crippen LogP) is 16.1. The van der Waals surface area contributed by atoms with Crippen molar-refractivity contribution in [1.29, 1.82) is 0 Å². The SMILES string of the molecule is [2H]C([2H])([2H])c1cc(-c2ccccc2)ccc1-n1c(-c2cc(C(C)C)cc(C(C)C)c2O)nc2c(-c3[c-]c(-c4cc(-c5ccc(-c6ccccc6)cc5)ccn4)cc(-c4ccccc4)c3)cccc21.[Pt]. The number of benzene rings is 8. The number of pyridine rings is 1. The molecular formula is C61H50N3OPt-. The Labute approximate surface area is 406 Å². The largest absolute Gasteiger partial charge is 0.507 e. The Kier molecular flexibility index (Phi) is 11.5. The molecule has 8 aromatic carbocycles. The van der Waals surface area contributed by atoms with Crippen LogP contribution in [0.1, 0.15) is 60.3 Å². The van der Waals surface area contributed by atoms with E-state index in [1.54, 1.807) is 6.07 Å². The zero-order chi connectivity index (χ0) is 47.1. The number of phenolic OH excluding ortho intramolecular Hbond substituents is 1. The predicted molar refractivity (Wildman–Crippen MR) is 270 cm³/mol. The monoisotopic (exact) mass is 1040 g/mol. The average Bonchev–Trinajstić information content (AvgIpc) is 3.76. The van der Waals surface area contributed by atoms with Crippen LogP contribution in [0, 0.1) is 12.9 Å². The van der Waals surface area contributed by atoms with E-state index in [9.17, 15) is 5.11 Å². The number of aromatic nitrogens is 3. The number of aromatic hydroxyl groups is 1. The fourth-order valence-corrected chi connectivity index (χ4v) is 8.80. The molecule has 10 aromatic rings. The number of fused-ring (bicyclic) bond motifs is 1. The van der Waals surface area contributed by atoms with Crippen molar-refractivity contribution in [3.8, 4) is 89.7 Å². The second kappa shape index (κ2) is 18.8. The van der Waals surface area contributed by atoms with Crippen molar-refractivity contribution in [2.24, 2.45) is 0 Å². The molecule has 0 aliphatic heterocycles. The Morgan fingerprint density at radius 2 is 1.11 bits per heavy atom. The van der Waals surface area contributed by atoms with E-state index in [1.165, 1.54) is 5.56 Å². The molecule has 66 heavy (non-hydrogen) atoms. The van der Waals surface area contributed by atoms with Crippen LogP contribution >= 0.6 is 0 Å². The minimum Gasteiger partial charge on any atom is -0.507 e. The van der Waals surface area contributed by atoms with Gasteiger partial charge in [-0.2, -0.15) is 0 Å². The number of nitrogens with zero attached hydrogens (tertiary/aromatic N) is 3. The first-order valence-corrected chi connectivity index (χ1v) is 22.3. The van der Waals surface area contributed by atoms with Gasteiger partial charge in [0, 0.05) is 37.1 Å². The molecule has 0 unspecified atom stereocenters. The van der Waals surface area contributed by atoms with Crippen LogP contribution in [-0.2, 0) is 21.1 Å². The van der Waals surface area contributed by atoms with E-state index in [0.717, 1.165) is 72.5 Å². The maximum Gasteiger partial charge on any atom is 0.148 e. The van der Waals surface area contributed by atoms with Crippen LogP contribution in [0.25, 0.3) is 95.0 Å². The normalized spacial score (nSPS) is 12.2. The molecule has 0 aliphatic rings. The van der Waals surface area contributed by atoms with Crippen molar-refractivity contribution < 1.29 is 30.3 Å². The number of rotatable bonds is 10. The van der Waals surface area contributed by atoms with Gasteiger partial charge in [-0.15, -0.1) is 23.8 Å². The molecule has 4 nitrogen and oxygen atoms in total. The summed E-state index contributed by atoms with van der Waals surface area (Å²) in [6.45, 7) is 5.91. The van der Waals surface area contributed by atoms with Gasteiger partial charge >= 0.3 is 0 Å². The van der Waals surface area contributed by atoms with E-state index in [-0.39, 0.29) is 44.2 Å². The molecule has 2 aromatic heterocycles. The van der Waals surface area contributed by atoms with Gasteiger partial charge in [0.1, 0.15) is 11.6 Å². The Hall–Kier alpha value is -7.13. The molecule has 326 valence electrons. The summed E-state index contributed by atoms with van der Waals surface area (Å²) in [5.41, 5.74) is 15.7. The van der Waals surface area contributed by atoms with Crippen molar-refractivity contribution in [3.63, 3.8) is 0 Å². The summed E-state index contributed by atoms with van der Waals surface area (Å²) in [5.74, 6) is 0.732. The molecule has 2 heterocycles. The fourth-order valence-electron chi connectivity index (χ4n) is 8.80. The third-order valence-electron chi connectivity index (χ3n) is 12.3. The molecule has 0 bridgehead atoms. The van der Waals surface area contributed by atoms with Crippen molar-refractivity contribution in [2.75, 3.05) is 0 Å². The first-order chi connectivity index (χ1) is 32.9. The standard InChI is InChI=1S/C61H50N3O.Pt/c1-39(2)49-36-54(40(3)4)60(65)55(37-49)61-63-59-53(22-15-23-58(59)64(61)57-29-28-47(32-41(57)5)43-18-11-7-12-19-43)51-33-50(44-20-13-8-14-21-44)34-52(35-51)56-38-48(30-31-62-56)46-26-24-45(25-27-46)42-16-9-6-10-17-42;/h6-34,36-40,65H,1-5H3;/q-1;/i5D3;. The van der Waals surface area contributed by atoms with Crippen LogP contribution in [0.5, 0.6) is 5.75 Å². The number of hydrogen-bond acceptors (Lipinski definition) is 3.